The van der Waals surface area contributed by atoms with E-state index in [2.05, 4.69) is 0 Å². The minimum atomic E-state index is -0.582. The van der Waals surface area contributed by atoms with Gasteiger partial charge < -0.3 is 0 Å². The van der Waals surface area contributed by atoms with E-state index in [9.17, 15) is 0 Å². The molecule has 0 spiro atoms. The fraction of sp³-hybridized carbons (Fsp3) is 0.538. The summed E-state index contributed by atoms with van der Waals surface area (Å²) in [6, 6.07) is 5.41. The molecule has 0 N–H and O–H groups in total. The third-order valence-electron chi connectivity index (χ3n) is 2.11. The highest BCUT2D eigenvalue weighted by molar-refractivity contribution is 6.42. The molecular weight excluding hydrogens is 259 g/mol. The number of hydrogen-bond acceptors (Lipinski definition) is 2. The standard InChI is InChI=1S/C13H18Cl2O2/c1-12(2,3)16-17-13(4,5)9-6-7-10(14)11(15)8-9/h6-8H,1-5H3. The van der Waals surface area contributed by atoms with Gasteiger partial charge >= 0.3 is 0 Å². The summed E-state index contributed by atoms with van der Waals surface area (Å²) in [4.78, 5) is 10.8. The maximum Gasteiger partial charge on any atom is 0.123 e. The molecule has 4 heteroatoms. The van der Waals surface area contributed by atoms with Gasteiger partial charge in [0.2, 0.25) is 0 Å². The molecule has 0 amide bonds. The van der Waals surface area contributed by atoms with Gasteiger partial charge in [0.05, 0.1) is 15.6 Å². The number of rotatable bonds is 3. The second-order valence-corrected chi connectivity index (χ2v) is 6.23. The van der Waals surface area contributed by atoms with Crippen molar-refractivity contribution in [1.29, 1.82) is 0 Å². The van der Waals surface area contributed by atoms with Crippen molar-refractivity contribution >= 4 is 23.2 Å². The maximum atomic E-state index is 5.98. The van der Waals surface area contributed by atoms with E-state index in [0.29, 0.717) is 10.0 Å². The molecule has 0 unspecified atom stereocenters. The van der Waals surface area contributed by atoms with Crippen LogP contribution in [0.25, 0.3) is 0 Å². The Morgan fingerprint density at radius 1 is 0.882 bits per heavy atom. The van der Waals surface area contributed by atoms with E-state index in [0.717, 1.165) is 5.56 Å². The summed E-state index contributed by atoms with van der Waals surface area (Å²) in [7, 11) is 0. The lowest BCUT2D eigenvalue weighted by molar-refractivity contribution is -0.401. The molecule has 0 saturated carbocycles. The maximum absolute atomic E-state index is 5.98. The van der Waals surface area contributed by atoms with Gasteiger partial charge in [0.1, 0.15) is 5.60 Å². The second kappa shape index (κ2) is 5.15. The van der Waals surface area contributed by atoms with E-state index in [1.807, 2.05) is 40.7 Å². The minimum absolute atomic E-state index is 0.354. The quantitative estimate of drug-likeness (QED) is 0.573. The van der Waals surface area contributed by atoms with Crippen molar-refractivity contribution < 1.29 is 9.78 Å². The van der Waals surface area contributed by atoms with Gasteiger partial charge in [-0.25, -0.2) is 9.78 Å². The van der Waals surface area contributed by atoms with Gasteiger partial charge in [0.25, 0.3) is 0 Å². The minimum Gasteiger partial charge on any atom is -0.230 e. The highest BCUT2D eigenvalue weighted by atomic mass is 35.5. The highest BCUT2D eigenvalue weighted by Crippen LogP contribution is 2.31. The molecule has 0 aromatic heterocycles. The molecule has 0 heterocycles. The topological polar surface area (TPSA) is 18.5 Å². The van der Waals surface area contributed by atoms with Gasteiger partial charge in [-0.15, -0.1) is 0 Å². The summed E-state index contributed by atoms with van der Waals surface area (Å²) in [5.41, 5.74) is -0.0224. The molecule has 2 nitrogen and oxygen atoms in total. The van der Waals surface area contributed by atoms with Crippen molar-refractivity contribution in [1.82, 2.24) is 0 Å². The lowest BCUT2D eigenvalue weighted by atomic mass is 9.99. The average molecular weight is 277 g/mol. The zero-order valence-electron chi connectivity index (χ0n) is 10.8. The Labute approximate surface area is 113 Å². The first-order valence-electron chi connectivity index (χ1n) is 5.44. The van der Waals surface area contributed by atoms with Crippen molar-refractivity contribution in [3.05, 3.63) is 33.8 Å². The summed E-state index contributed by atoms with van der Waals surface area (Å²) in [5, 5.41) is 1.04. The predicted octanol–water partition coefficient (Wildman–Crippen LogP) is 4.98. The van der Waals surface area contributed by atoms with E-state index in [4.69, 9.17) is 33.0 Å². The van der Waals surface area contributed by atoms with E-state index < -0.39 is 5.60 Å². The molecule has 1 rings (SSSR count). The van der Waals surface area contributed by atoms with Crippen LogP contribution >= 0.6 is 23.2 Å². The van der Waals surface area contributed by atoms with Gasteiger partial charge in [0, 0.05) is 0 Å². The third kappa shape index (κ3) is 4.47. The lowest BCUT2D eigenvalue weighted by Crippen LogP contribution is -2.28. The van der Waals surface area contributed by atoms with Crippen molar-refractivity contribution in [2.75, 3.05) is 0 Å². The Balaban J connectivity index is 2.85. The van der Waals surface area contributed by atoms with Crippen LogP contribution in [0.2, 0.25) is 10.0 Å². The molecule has 1 aromatic carbocycles. The first-order chi connectivity index (χ1) is 7.62. The normalized spacial score (nSPS) is 12.9. The smallest absolute Gasteiger partial charge is 0.123 e. The Morgan fingerprint density at radius 2 is 1.47 bits per heavy atom. The molecule has 0 radical (unpaired) electrons. The first kappa shape index (κ1) is 14.8. The molecule has 0 bridgehead atoms. The summed E-state index contributed by atoms with van der Waals surface area (Å²) in [6.45, 7) is 9.62. The lowest BCUT2D eigenvalue weighted by Gasteiger charge is -2.29. The highest BCUT2D eigenvalue weighted by Gasteiger charge is 2.26. The van der Waals surface area contributed by atoms with Crippen molar-refractivity contribution in [2.45, 2.75) is 45.8 Å². The molecule has 0 saturated heterocycles. The molecule has 0 aliphatic heterocycles. The van der Waals surface area contributed by atoms with Crippen LogP contribution < -0.4 is 0 Å². The van der Waals surface area contributed by atoms with E-state index in [1.54, 1.807) is 12.1 Å². The number of halogens is 2. The summed E-state index contributed by atoms with van der Waals surface area (Å²) < 4.78 is 0. The monoisotopic (exact) mass is 276 g/mol. The van der Waals surface area contributed by atoms with Gasteiger partial charge in [-0.05, 0) is 52.3 Å². The summed E-state index contributed by atoms with van der Waals surface area (Å²) >= 11 is 11.9. The fourth-order valence-corrected chi connectivity index (χ4v) is 1.45. The molecule has 0 aliphatic carbocycles. The van der Waals surface area contributed by atoms with Gasteiger partial charge in [-0.3, -0.25) is 0 Å². The van der Waals surface area contributed by atoms with Gasteiger partial charge in [-0.2, -0.15) is 0 Å². The number of hydrogen-bond donors (Lipinski definition) is 0. The van der Waals surface area contributed by atoms with Crippen LogP contribution in [0, 0.1) is 0 Å². The largest absolute Gasteiger partial charge is 0.230 e. The zero-order chi connectivity index (χ0) is 13.3. The molecule has 1 aromatic rings. The van der Waals surface area contributed by atoms with Crippen LogP contribution in [0.15, 0.2) is 18.2 Å². The predicted molar refractivity (Wildman–Crippen MR) is 71.4 cm³/mol. The Morgan fingerprint density at radius 3 is 1.94 bits per heavy atom. The van der Waals surface area contributed by atoms with Crippen LogP contribution in [0.3, 0.4) is 0 Å². The van der Waals surface area contributed by atoms with Crippen LogP contribution in [0.1, 0.15) is 40.2 Å². The zero-order valence-corrected chi connectivity index (χ0v) is 12.3. The molecule has 0 atom stereocenters. The molecule has 17 heavy (non-hydrogen) atoms. The van der Waals surface area contributed by atoms with E-state index in [1.165, 1.54) is 0 Å². The van der Waals surface area contributed by atoms with Gasteiger partial charge in [-0.1, -0.05) is 29.3 Å². The van der Waals surface area contributed by atoms with E-state index >= 15 is 0 Å². The fourth-order valence-electron chi connectivity index (χ4n) is 1.15. The van der Waals surface area contributed by atoms with Crippen LogP contribution in [0.4, 0.5) is 0 Å². The SMILES string of the molecule is CC(C)(C)OOC(C)(C)c1ccc(Cl)c(Cl)c1. The molecule has 96 valence electrons. The average Bonchev–Trinajstić information content (AvgIpc) is 2.18. The van der Waals surface area contributed by atoms with Crippen LogP contribution in [0.5, 0.6) is 0 Å². The van der Waals surface area contributed by atoms with Crippen LogP contribution in [-0.2, 0) is 15.4 Å². The molecule has 0 fully saturated rings. The van der Waals surface area contributed by atoms with Crippen LogP contribution in [-0.4, -0.2) is 5.60 Å². The van der Waals surface area contributed by atoms with Crippen molar-refractivity contribution in [2.24, 2.45) is 0 Å². The van der Waals surface area contributed by atoms with Crippen molar-refractivity contribution in [3.8, 4) is 0 Å². The molecular formula is C13H18Cl2O2. The first-order valence-corrected chi connectivity index (χ1v) is 6.20. The Kier molecular flexibility index (Phi) is 4.48. The molecule has 0 aliphatic rings. The Bertz CT molecular complexity index is 395. The second-order valence-electron chi connectivity index (χ2n) is 5.42. The number of benzene rings is 1. The van der Waals surface area contributed by atoms with E-state index in [-0.39, 0.29) is 5.60 Å². The summed E-state index contributed by atoms with van der Waals surface area (Å²) in [6.07, 6.45) is 0. The Hall–Kier alpha value is -0.280. The van der Waals surface area contributed by atoms with Crippen molar-refractivity contribution in [3.63, 3.8) is 0 Å². The van der Waals surface area contributed by atoms with Gasteiger partial charge in [0.15, 0.2) is 0 Å². The summed E-state index contributed by atoms with van der Waals surface area (Å²) in [5.74, 6) is 0. The third-order valence-corrected chi connectivity index (χ3v) is 2.85.